The van der Waals surface area contributed by atoms with Gasteiger partial charge in [-0.3, -0.25) is 4.79 Å². The lowest BCUT2D eigenvalue weighted by atomic mass is 10.1. The smallest absolute Gasteiger partial charge is 0.318 e. The summed E-state index contributed by atoms with van der Waals surface area (Å²) >= 11 is 0. The molecule has 1 radical (unpaired) electrons. The first kappa shape index (κ1) is 12.0. The van der Waals surface area contributed by atoms with E-state index in [0.717, 1.165) is 0 Å². The number of hydrogen-bond donors (Lipinski definition) is 1. The van der Waals surface area contributed by atoms with Crippen molar-refractivity contribution in [1.29, 1.82) is 0 Å². The van der Waals surface area contributed by atoms with Crippen molar-refractivity contribution in [1.82, 2.24) is 10.2 Å². The SMILES string of the molecule is CC(C)C([C]=O)NC(=O)N1CCOCC1. The first-order valence-corrected chi connectivity index (χ1v) is 5.16. The molecule has 1 aliphatic heterocycles. The molecule has 1 fully saturated rings. The van der Waals surface area contributed by atoms with Gasteiger partial charge in [0.05, 0.1) is 19.3 Å². The predicted octanol–water partition coefficient (Wildman–Crippen LogP) is 0.163. The molecule has 0 aliphatic carbocycles. The summed E-state index contributed by atoms with van der Waals surface area (Å²) in [5, 5.41) is 2.64. The van der Waals surface area contributed by atoms with Gasteiger partial charge in [0.1, 0.15) is 0 Å². The molecule has 0 aromatic heterocycles. The van der Waals surface area contributed by atoms with Crippen molar-refractivity contribution < 1.29 is 14.3 Å². The Morgan fingerprint density at radius 2 is 2.00 bits per heavy atom. The number of ether oxygens (including phenoxy) is 1. The Kier molecular flexibility index (Phi) is 4.55. The molecule has 0 bridgehead atoms. The Morgan fingerprint density at radius 3 is 2.47 bits per heavy atom. The highest BCUT2D eigenvalue weighted by Crippen LogP contribution is 2.02. The van der Waals surface area contributed by atoms with Crippen LogP contribution in [0.3, 0.4) is 0 Å². The van der Waals surface area contributed by atoms with Crippen molar-refractivity contribution in [3.05, 3.63) is 0 Å². The summed E-state index contributed by atoms with van der Waals surface area (Å²) in [4.78, 5) is 23.9. The monoisotopic (exact) mass is 213 g/mol. The highest BCUT2D eigenvalue weighted by Gasteiger charge is 2.21. The van der Waals surface area contributed by atoms with Gasteiger partial charge in [-0.1, -0.05) is 13.8 Å². The third kappa shape index (κ3) is 3.51. The average molecular weight is 213 g/mol. The number of morpholine rings is 1. The first-order chi connectivity index (χ1) is 7.15. The average Bonchev–Trinajstić information content (AvgIpc) is 2.26. The van der Waals surface area contributed by atoms with Crippen LogP contribution in [-0.4, -0.2) is 49.6 Å². The molecule has 0 aromatic carbocycles. The van der Waals surface area contributed by atoms with Gasteiger partial charge in [-0.2, -0.15) is 0 Å². The van der Waals surface area contributed by atoms with Crippen LogP contribution in [0.25, 0.3) is 0 Å². The number of amides is 2. The molecule has 0 aromatic rings. The van der Waals surface area contributed by atoms with Gasteiger partial charge in [-0.15, -0.1) is 0 Å². The molecule has 1 heterocycles. The largest absolute Gasteiger partial charge is 0.378 e. The summed E-state index contributed by atoms with van der Waals surface area (Å²) in [5.74, 6) is 0.0625. The Hall–Kier alpha value is -1.10. The van der Waals surface area contributed by atoms with Crippen LogP contribution in [0.15, 0.2) is 0 Å². The molecule has 85 valence electrons. The number of nitrogens with one attached hydrogen (secondary N) is 1. The van der Waals surface area contributed by atoms with Crippen LogP contribution < -0.4 is 5.32 Å². The third-order valence-corrected chi connectivity index (χ3v) is 2.37. The molecule has 1 unspecified atom stereocenters. The van der Waals surface area contributed by atoms with E-state index in [0.29, 0.717) is 26.3 Å². The van der Waals surface area contributed by atoms with Gasteiger partial charge in [-0.25, -0.2) is 4.79 Å². The van der Waals surface area contributed by atoms with Gasteiger partial charge in [0.25, 0.3) is 0 Å². The second-order valence-electron chi connectivity index (χ2n) is 3.89. The van der Waals surface area contributed by atoms with E-state index in [2.05, 4.69) is 5.32 Å². The van der Waals surface area contributed by atoms with E-state index in [1.165, 1.54) is 0 Å². The Bertz CT molecular complexity index is 225. The fraction of sp³-hybridized carbons (Fsp3) is 0.800. The van der Waals surface area contributed by atoms with Crippen LogP contribution in [-0.2, 0) is 9.53 Å². The van der Waals surface area contributed by atoms with Crippen LogP contribution in [0.2, 0.25) is 0 Å². The van der Waals surface area contributed by atoms with Crippen molar-refractivity contribution in [3.63, 3.8) is 0 Å². The lowest BCUT2D eigenvalue weighted by molar-refractivity contribution is 0.0526. The van der Waals surface area contributed by atoms with Crippen LogP contribution in [0.5, 0.6) is 0 Å². The van der Waals surface area contributed by atoms with Crippen molar-refractivity contribution in [2.24, 2.45) is 5.92 Å². The molecule has 5 nitrogen and oxygen atoms in total. The van der Waals surface area contributed by atoms with Crippen LogP contribution >= 0.6 is 0 Å². The molecule has 1 saturated heterocycles. The molecule has 2 amide bonds. The quantitative estimate of drug-likeness (QED) is 0.726. The third-order valence-electron chi connectivity index (χ3n) is 2.37. The van der Waals surface area contributed by atoms with Gasteiger partial charge in [0.15, 0.2) is 0 Å². The number of carbonyl (C=O) groups excluding carboxylic acids is 2. The maximum absolute atomic E-state index is 11.7. The molecular formula is C10H17N2O3. The van der Waals surface area contributed by atoms with Crippen molar-refractivity contribution in [2.75, 3.05) is 26.3 Å². The fourth-order valence-corrected chi connectivity index (χ4v) is 1.32. The molecule has 15 heavy (non-hydrogen) atoms. The summed E-state index contributed by atoms with van der Waals surface area (Å²) < 4.78 is 5.13. The van der Waals surface area contributed by atoms with E-state index in [-0.39, 0.29) is 11.9 Å². The van der Waals surface area contributed by atoms with Gasteiger partial charge in [0, 0.05) is 13.1 Å². The molecule has 1 rings (SSSR count). The highest BCUT2D eigenvalue weighted by atomic mass is 16.5. The van der Waals surface area contributed by atoms with Gasteiger partial charge in [-0.05, 0) is 5.92 Å². The second kappa shape index (κ2) is 5.70. The van der Waals surface area contributed by atoms with E-state index in [4.69, 9.17) is 4.74 Å². The number of urea groups is 1. The lowest BCUT2D eigenvalue weighted by Crippen LogP contribution is -2.50. The minimum atomic E-state index is -0.527. The maximum atomic E-state index is 11.7. The van der Waals surface area contributed by atoms with Crippen molar-refractivity contribution in [2.45, 2.75) is 19.9 Å². The zero-order valence-corrected chi connectivity index (χ0v) is 9.16. The molecule has 5 heteroatoms. The first-order valence-electron chi connectivity index (χ1n) is 5.16. The number of carbonyl (C=O) groups is 1. The molecule has 0 saturated carbocycles. The van der Waals surface area contributed by atoms with Crippen LogP contribution in [0.1, 0.15) is 13.8 Å². The summed E-state index contributed by atoms with van der Waals surface area (Å²) in [6, 6.07) is -0.735. The number of nitrogens with zero attached hydrogens (tertiary/aromatic N) is 1. The van der Waals surface area contributed by atoms with E-state index in [9.17, 15) is 9.59 Å². The van der Waals surface area contributed by atoms with Gasteiger partial charge in [0.2, 0.25) is 6.29 Å². The Balaban J connectivity index is 2.42. The minimum absolute atomic E-state index is 0.0625. The van der Waals surface area contributed by atoms with E-state index in [1.807, 2.05) is 20.1 Å². The fourth-order valence-electron chi connectivity index (χ4n) is 1.32. The summed E-state index contributed by atoms with van der Waals surface area (Å²) in [6.45, 7) is 6.02. The Morgan fingerprint density at radius 1 is 1.40 bits per heavy atom. The molecule has 1 N–H and O–H groups in total. The molecule has 1 atom stereocenters. The topological polar surface area (TPSA) is 58.6 Å². The van der Waals surface area contributed by atoms with E-state index < -0.39 is 6.04 Å². The van der Waals surface area contributed by atoms with Gasteiger partial charge >= 0.3 is 6.03 Å². The van der Waals surface area contributed by atoms with Crippen LogP contribution in [0, 0.1) is 5.92 Å². The summed E-state index contributed by atoms with van der Waals surface area (Å²) in [6.07, 6.45) is 1.83. The standard InChI is InChI=1S/C10H17N2O3/c1-8(2)9(7-13)11-10(14)12-3-5-15-6-4-12/h8-9H,3-6H2,1-2H3,(H,11,14). The summed E-state index contributed by atoms with van der Waals surface area (Å²) in [7, 11) is 0. The molecular weight excluding hydrogens is 196 g/mol. The number of rotatable bonds is 3. The molecule has 0 spiro atoms. The van der Waals surface area contributed by atoms with E-state index in [1.54, 1.807) is 4.90 Å². The predicted molar refractivity (Wildman–Crippen MR) is 55.2 cm³/mol. The van der Waals surface area contributed by atoms with Crippen LogP contribution in [0.4, 0.5) is 4.79 Å². The highest BCUT2D eigenvalue weighted by molar-refractivity contribution is 5.78. The van der Waals surface area contributed by atoms with Crippen molar-refractivity contribution >= 4 is 12.3 Å². The minimum Gasteiger partial charge on any atom is -0.378 e. The normalized spacial score (nSPS) is 18.7. The lowest BCUT2D eigenvalue weighted by Gasteiger charge is -2.28. The Labute approximate surface area is 89.8 Å². The maximum Gasteiger partial charge on any atom is 0.318 e. The van der Waals surface area contributed by atoms with E-state index >= 15 is 0 Å². The zero-order valence-electron chi connectivity index (χ0n) is 9.16. The van der Waals surface area contributed by atoms with Gasteiger partial charge < -0.3 is 15.0 Å². The molecule has 1 aliphatic rings. The summed E-state index contributed by atoms with van der Waals surface area (Å²) in [5.41, 5.74) is 0. The number of hydrogen-bond acceptors (Lipinski definition) is 3. The zero-order chi connectivity index (χ0) is 11.3. The second-order valence-corrected chi connectivity index (χ2v) is 3.89. The van der Waals surface area contributed by atoms with Crippen molar-refractivity contribution in [3.8, 4) is 0 Å².